The van der Waals surface area contributed by atoms with Crippen molar-refractivity contribution < 1.29 is 9.21 Å². The molecule has 1 heterocycles. The number of furan rings is 1. The number of amides is 1. The molecule has 4 N–H and O–H groups in total. The minimum Gasteiger partial charge on any atom is -0.464 e. The normalized spacial score (nSPS) is 10.8. The Balaban J connectivity index is 2.17. The molecule has 4 heteroatoms. The van der Waals surface area contributed by atoms with Crippen LogP contribution in [0.1, 0.15) is 18.4 Å². The van der Waals surface area contributed by atoms with Crippen molar-refractivity contribution in [2.24, 2.45) is 5.73 Å². The van der Waals surface area contributed by atoms with Crippen LogP contribution in [0.4, 0.5) is 5.69 Å². The molecule has 0 saturated heterocycles. The molecule has 1 amide bonds. The average molecular weight is 218 g/mol. The van der Waals surface area contributed by atoms with E-state index >= 15 is 0 Å². The van der Waals surface area contributed by atoms with Crippen molar-refractivity contribution in [3.63, 3.8) is 0 Å². The number of primary amides is 1. The summed E-state index contributed by atoms with van der Waals surface area (Å²) in [6.07, 6.45) is 3.62. The molecule has 0 spiro atoms. The molecule has 0 unspecified atom stereocenters. The summed E-state index contributed by atoms with van der Waals surface area (Å²) in [5.41, 5.74) is 13.4. The van der Waals surface area contributed by atoms with E-state index in [0.29, 0.717) is 12.1 Å². The Kier molecular flexibility index (Phi) is 2.81. The Morgan fingerprint density at radius 1 is 1.38 bits per heavy atom. The first-order chi connectivity index (χ1) is 7.66. The Hall–Kier alpha value is -1.97. The maximum absolute atomic E-state index is 10.6. The Labute approximate surface area is 93.2 Å². The molecule has 0 bridgehead atoms. The lowest BCUT2D eigenvalue weighted by Gasteiger charge is -1.97. The average Bonchev–Trinajstić information content (AvgIpc) is 2.60. The van der Waals surface area contributed by atoms with Crippen molar-refractivity contribution in [1.29, 1.82) is 0 Å². The first-order valence-electron chi connectivity index (χ1n) is 5.21. The van der Waals surface area contributed by atoms with Crippen LogP contribution >= 0.6 is 0 Å². The molecule has 4 nitrogen and oxygen atoms in total. The third-order valence-electron chi connectivity index (χ3n) is 2.55. The fraction of sp³-hybridized carbons (Fsp3) is 0.250. The number of nitrogen functional groups attached to an aromatic ring is 1. The van der Waals surface area contributed by atoms with Crippen LogP contribution in [0, 0.1) is 0 Å². The molecule has 2 rings (SSSR count). The van der Waals surface area contributed by atoms with Gasteiger partial charge in [0, 0.05) is 17.5 Å². The van der Waals surface area contributed by atoms with Gasteiger partial charge in [-0.15, -0.1) is 0 Å². The Morgan fingerprint density at radius 3 is 2.94 bits per heavy atom. The van der Waals surface area contributed by atoms with Gasteiger partial charge in [0.1, 0.15) is 5.58 Å². The summed E-state index contributed by atoms with van der Waals surface area (Å²) in [6, 6.07) is 5.54. The third-order valence-corrected chi connectivity index (χ3v) is 2.55. The lowest BCUT2D eigenvalue weighted by atomic mass is 10.1. The summed E-state index contributed by atoms with van der Waals surface area (Å²) in [5, 5.41) is 1.02. The van der Waals surface area contributed by atoms with Crippen molar-refractivity contribution in [3.8, 4) is 0 Å². The molecule has 0 atom stereocenters. The van der Waals surface area contributed by atoms with Gasteiger partial charge in [0.05, 0.1) is 6.26 Å². The van der Waals surface area contributed by atoms with Crippen molar-refractivity contribution in [3.05, 3.63) is 30.0 Å². The molecule has 1 aromatic carbocycles. The maximum atomic E-state index is 10.6. The number of hydrogen-bond donors (Lipinski definition) is 2. The molecular weight excluding hydrogens is 204 g/mol. The lowest BCUT2D eigenvalue weighted by Crippen LogP contribution is -2.10. The topological polar surface area (TPSA) is 82.2 Å². The number of benzene rings is 1. The van der Waals surface area contributed by atoms with Gasteiger partial charge < -0.3 is 15.9 Å². The monoisotopic (exact) mass is 218 g/mol. The van der Waals surface area contributed by atoms with Crippen LogP contribution in [0.3, 0.4) is 0 Å². The van der Waals surface area contributed by atoms with Crippen LogP contribution in [0.2, 0.25) is 0 Å². The van der Waals surface area contributed by atoms with Crippen LogP contribution in [0.5, 0.6) is 0 Å². The Morgan fingerprint density at radius 2 is 2.19 bits per heavy atom. The minimum atomic E-state index is -0.271. The molecule has 1 aromatic heterocycles. The van der Waals surface area contributed by atoms with E-state index in [1.807, 2.05) is 12.1 Å². The first-order valence-corrected chi connectivity index (χ1v) is 5.21. The standard InChI is InChI=1S/C12H14N2O2/c13-9-4-5-11-10(6-9)8(7-16-11)2-1-3-12(14)15/h4-7H,1-3,13H2,(H2,14,15). The molecule has 0 aliphatic rings. The van der Waals surface area contributed by atoms with Crippen molar-refractivity contribution >= 4 is 22.6 Å². The first kappa shape index (κ1) is 10.5. The fourth-order valence-corrected chi connectivity index (χ4v) is 1.75. The summed E-state index contributed by atoms with van der Waals surface area (Å²) in [7, 11) is 0. The van der Waals surface area contributed by atoms with Crippen LogP contribution < -0.4 is 11.5 Å². The van der Waals surface area contributed by atoms with E-state index in [9.17, 15) is 4.79 Å². The number of aryl methyl sites for hydroxylation is 1. The number of carbonyl (C=O) groups excluding carboxylic acids is 1. The van der Waals surface area contributed by atoms with E-state index in [4.69, 9.17) is 15.9 Å². The van der Waals surface area contributed by atoms with E-state index < -0.39 is 0 Å². The highest BCUT2D eigenvalue weighted by molar-refractivity contribution is 5.84. The van der Waals surface area contributed by atoms with Gasteiger partial charge >= 0.3 is 0 Å². The predicted octanol–water partition coefficient (Wildman–Crippen LogP) is 1.82. The molecule has 0 radical (unpaired) electrons. The maximum Gasteiger partial charge on any atom is 0.217 e. The van der Waals surface area contributed by atoms with Crippen LogP contribution in [0.25, 0.3) is 11.0 Å². The van der Waals surface area contributed by atoms with E-state index in [1.54, 1.807) is 12.3 Å². The molecule has 0 fully saturated rings. The zero-order valence-corrected chi connectivity index (χ0v) is 8.90. The zero-order chi connectivity index (χ0) is 11.5. The van der Waals surface area contributed by atoms with E-state index in [2.05, 4.69) is 0 Å². The van der Waals surface area contributed by atoms with Gasteiger partial charge in [0.25, 0.3) is 0 Å². The van der Waals surface area contributed by atoms with Gasteiger partial charge in [-0.2, -0.15) is 0 Å². The molecule has 0 aliphatic heterocycles. The van der Waals surface area contributed by atoms with Crippen molar-refractivity contribution in [1.82, 2.24) is 0 Å². The van der Waals surface area contributed by atoms with Gasteiger partial charge in [-0.05, 0) is 36.6 Å². The molecule has 2 aromatic rings. The summed E-state index contributed by atoms with van der Waals surface area (Å²) in [6.45, 7) is 0. The van der Waals surface area contributed by atoms with E-state index in [-0.39, 0.29) is 5.91 Å². The minimum absolute atomic E-state index is 0.271. The van der Waals surface area contributed by atoms with Crippen LogP contribution in [-0.4, -0.2) is 5.91 Å². The second-order valence-electron chi connectivity index (χ2n) is 3.84. The number of fused-ring (bicyclic) bond motifs is 1. The molecule has 0 saturated carbocycles. The molecule has 0 aliphatic carbocycles. The number of rotatable bonds is 4. The molecular formula is C12H14N2O2. The van der Waals surface area contributed by atoms with E-state index in [1.165, 1.54) is 0 Å². The van der Waals surface area contributed by atoms with Crippen LogP contribution in [0.15, 0.2) is 28.9 Å². The number of carbonyl (C=O) groups is 1. The van der Waals surface area contributed by atoms with Crippen molar-refractivity contribution in [2.45, 2.75) is 19.3 Å². The van der Waals surface area contributed by atoms with E-state index in [0.717, 1.165) is 29.4 Å². The molecule has 84 valence electrons. The van der Waals surface area contributed by atoms with Gasteiger partial charge in [0.15, 0.2) is 0 Å². The largest absolute Gasteiger partial charge is 0.464 e. The van der Waals surface area contributed by atoms with Gasteiger partial charge in [-0.25, -0.2) is 0 Å². The number of hydrogen-bond acceptors (Lipinski definition) is 3. The van der Waals surface area contributed by atoms with Crippen molar-refractivity contribution in [2.75, 3.05) is 5.73 Å². The zero-order valence-electron chi connectivity index (χ0n) is 8.90. The lowest BCUT2D eigenvalue weighted by molar-refractivity contribution is -0.118. The Bertz CT molecular complexity index is 517. The highest BCUT2D eigenvalue weighted by Gasteiger charge is 2.06. The number of nitrogens with two attached hydrogens (primary N) is 2. The highest BCUT2D eigenvalue weighted by Crippen LogP contribution is 2.24. The summed E-state index contributed by atoms with van der Waals surface area (Å²) in [4.78, 5) is 10.6. The van der Waals surface area contributed by atoms with Crippen LogP contribution in [-0.2, 0) is 11.2 Å². The van der Waals surface area contributed by atoms with Gasteiger partial charge in [-0.3, -0.25) is 4.79 Å². The summed E-state index contributed by atoms with van der Waals surface area (Å²) >= 11 is 0. The highest BCUT2D eigenvalue weighted by atomic mass is 16.3. The predicted molar refractivity (Wildman–Crippen MR) is 62.8 cm³/mol. The number of anilines is 1. The SMILES string of the molecule is NC(=O)CCCc1coc2ccc(N)cc12. The summed E-state index contributed by atoms with van der Waals surface area (Å²) < 4.78 is 5.39. The fourth-order valence-electron chi connectivity index (χ4n) is 1.75. The van der Waals surface area contributed by atoms with Gasteiger partial charge in [-0.1, -0.05) is 0 Å². The van der Waals surface area contributed by atoms with Gasteiger partial charge in [0.2, 0.25) is 5.91 Å². The smallest absolute Gasteiger partial charge is 0.217 e. The summed E-state index contributed by atoms with van der Waals surface area (Å²) in [5.74, 6) is -0.271. The second-order valence-corrected chi connectivity index (χ2v) is 3.84. The third kappa shape index (κ3) is 2.16. The molecule has 16 heavy (non-hydrogen) atoms. The second kappa shape index (κ2) is 4.26. The quantitative estimate of drug-likeness (QED) is 0.768.